The van der Waals surface area contributed by atoms with E-state index in [2.05, 4.69) is 24.5 Å². The lowest BCUT2D eigenvalue weighted by Gasteiger charge is -2.34. The molecule has 2 aromatic rings. The van der Waals surface area contributed by atoms with Crippen LogP contribution in [0, 0.1) is 11.8 Å². The van der Waals surface area contributed by atoms with Gasteiger partial charge in [-0.25, -0.2) is 8.42 Å². The van der Waals surface area contributed by atoms with Gasteiger partial charge in [-0.3, -0.25) is 9.59 Å². The third kappa shape index (κ3) is 6.17. The molecule has 1 saturated heterocycles. The lowest BCUT2D eigenvalue weighted by molar-refractivity contribution is -0.120. The van der Waals surface area contributed by atoms with Crippen molar-refractivity contribution in [2.24, 2.45) is 11.8 Å². The normalized spacial score (nSPS) is 20.3. The number of rotatable bonds is 7. The van der Waals surface area contributed by atoms with Crippen LogP contribution >= 0.6 is 0 Å². The van der Waals surface area contributed by atoms with E-state index < -0.39 is 16.1 Å². The molecule has 0 spiro atoms. The van der Waals surface area contributed by atoms with Gasteiger partial charge in [-0.05, 0) is 48.1 Å². The van der Waals surface area contributed by atoms with Gasteiger partial charge in [0.25, 0.3) is 0 Å². The third-order valence-corrected chi connectivity index (χ3v) is 7.43. The van der Waals surface area contributed by atoms with Crippen LogP contribution in [-0.2, 0) is 19.6 Å². The number of anilines is 1. The second-order valence-corrected chi connectivity index (χ2v) is 10.6. The minimum Gasteiger partial charge on any atom is -0.349 e. The Hall–Kier alpha value is -2.71. The van der Waals surface area contributed by atoms with E-state index in [9.17, 15) is 18.0 Å². The molecule has 1 aliphatic heterocycles. The van der Waals surface area contributed by atoms with Crippen LogP contribution in [0.15, 0.2) is 59.5 Å². The topological polar surface area (TPSA) is 95.6 Å². The number of hydrogen-bond donors (Lipinski definition) is 2. The second kappa shape index (κ2) is 10.3. The Kier molecular flexibility index (Phi) is 7.69. The van der Waals surface area contributed by atoms with Crippen molar-refractivity contribution in [3.05, 3.63) is 60.2 Å². The van der Waals surface area contributed by atoms with Crippen molar-refractivity contribution in [1.82, 2.24) is 9.62 Å². The Bertz CT molecular complexity index is 1030. The predicted octanol–water partition coefficient (Wildman–Crippen LogP) is 3.56. The average Bonchev–Trinajstić information content (AvgIpc) is 2.73. The smallest absolute Gasteiger partial charge is 0.243 e. The Labute approximate surface area is 190 Å². The molecule has 1 fully saturated rings. The van der Waals surface area contributed by atoms with Crippen LogP contribution in [0.4, 0.5) is 5.69 Å². The Morgan fingerprint density at radius 1 is 1.00 bits per heavy atom. The maximum absolute atomic E-state index is 13.0. The van der Waals surface area contributed by atoms with E-state index in [4.69, 9.17) is 0 Å². The van der Waals surface area contributed by atoms with Gasteiger partial charge in [-0.2, -0.15) is 4.31 Å². The highest BCUT2D eigenvalue weighted by Crippen LogP contribution is 2.27. The molecule has 0 aromatic heterocycles. The van der Waals surface area contributed by atoms with E-state index in [0.717, 1.165) is 12.0 Å². The number of carbonyl (C=O) groups excluding carboxylic acids is 2. The van der Waals surface area contributed by atoms with Gasteiger partial charge in [-0.1, -0.05) is 44.2 Å². The van der Waals surface area contributed by atoms with Crippen LogP contribution in [0.3, 0.4) is 0 Å². The highest BCUT2D eigenvalue weighted by atomic mass is 32.2. The fourth-order valence-electron chi connectivity index (χ4n) is 4.24. The van der Waals surface area contributed by atoms with E-state index in [1.54, 1.807) is 16.4 Å². The summed E-state index contributed by atoms with van der Waals surface area (Å²) in [5.41, 5.74) is 1.34. The van der Waals surface area contributed by atoms with Gasteiger partial charge in [0.15, 0.2) is 0 Å². The summed E-state index contributed by atoms with van der Waals surface area (Å²) in [7, 11) is -3.57. The minimum atomic E-state index is -3.57. The molecule has 32 heavy (non-hydrogen) atoms. The third-order valence-electron chi connectivity index (χ3n) is 5.58. The number of nitrogens with zero attached hydrogens (tertiary/aromatic N) is 1. The number of carbonyl (C=O) groups is 2. The summed E-state index contributed by atoms with van der Waals surface area (Å²) in [5, 5.41) is 5.59. The molecule has 0 unspecified atom stereocenters. The van der Waals surface area contributed by atoms with Gasteiger partial charge in [-0.15, -0.1) is 0 Å². The summed E-state index contributed by atoms with van der Waals surface area (Å²) < 4.78 is 27.6. The van der Waals surface area contributed by atoms with Crippen molar-refractivity contribution in [1.29, 1.82) is 0 Å². The molecule has 8 heteroatoms. The molecule has 2 amide bonds. The number of amides is 2. The van der Waals surface area contributed by atoms with E-state index in [1.807, 2.05) is 30.3 Å². The summed E-state index contributed by atoms with van der Waals surface area (Å²) in [5.74, 6) is 0.158. The van der Waals surface area contributed by atoms with Crippen molar-refractivity contribution in [3.8, 4) is 0 Å². The molecular weight excluding hydrogens is 426 g/mol. The number of piperidine rings is 1. The van der Waals surface area contributed by atoms with E-state index >= 15 is 0 Å². The van der Waals surface area contributed by atoms with Gasteiger partial charge < -0.3 is 10.6 Å². The highest BCUT2D eigenvalue weighted by Gasteiger charge is 2.31. The quantitative estimate of drug-likeness (QED) is 0.665. The molecule has 7 nitrogen and oxygen atoms in total. The van der Waals surface area contributed by atoms with Gasteiger partial charge >= 0.3 is 0 Å². The first-order chi connectivity index (χ1) is 15.1. The van der Waals surface area contributed by atoms with Crippen LogP contribution in [0.2, 0.25) is 0 Å². The molecule has 1 heterocycles. The molecule has 172 valence electrons. The summed E-state index contributed by atoms with van der Waals surface area (Å²) in [6.45, 7) is 6.60. The standard InChI is InChI=1S/C24H31N3O4S/c1-17-13-18(2)16-27(15-17)32(30,31)22-11-9-21(10-12-22)26-24(29)14-23(25-19(3)28)20-7-5-4-6-8-20/h4-12,17-18,23H,13-16H2,1-3H3,(H,25,28)(H,26,29)/t17-,18+,23-/m0/s1. The van der Waals surface area contributed by atoms with Crippen LogP contribution in [-0.4, -0.2) is 37.6 Å². The molecular formula is C24H31N3O4S. The van der Waals surface area contributed by atoms with Gasteiger partial charge in [0.05, 0.1) is 17.4 Å². The van der Waals surface area contributed by atoms with Crippen molar-refractivity contribution < 1.29 is 18.0 Å². The molecule has 3 atom stereocenters. The van der Waals surface area contributed by atoms with Crippen molar-refractivity contribution in [3.63, 3.8) is 0 Å². The Morgan fingerprint density at radius 3 is 2.16 bits per heavy atom. The van der Waals surface area contributed by atoms with Crippen LogP contribution in [0.5, 0.6) is 0 Å². The van der Waals surface area contributed by atoms with E-state index in [-0.39, 0.29) is 23.1 Å². The Morgan fingerprint density at radius 2 is 1.59 bits per heavy atom. The van der Waals surface area contributed by atoms with Crippen LogP contribution < -0.4 is 10.6 Å². The molecule has 1 aliphatic rings. The molecule has 2 aromatic carbocycles. The zero-order valence-corrected chi connectivity index (χ0v) is 19.6. The average molecular weight is 458 g/mol. The van der Waals surface area contributed by atoms with E-state index in [1.165, 1.54) is 19.1 Å². The fraction of sp³-hybridized carbons (Fsp3) is 0.417. The zero-order valence-electron chi connectivity index (χ0n) is 18.7. The molecule has 0 bridgehead atoms. The zero-order chi connectivity index (χ0) is 23.3. The summed E-state index contributed by atoms with van der Waals surface area (Å²) >= 11 is 0. The number of nitrogens with one attached hydrogen (secondary N) is 2. The molecule has 0 aliphatic carbocycles. The lowest BCUT2D eigenvalue weighted by atomic mass is 9.94. The van der Waals surface area contributed by atoms with Crippen molar-refractivity contribution >= 4 is 27.5 Å². The number of hydrogen-bond acceptors (Lipinski definition) is 4. The van der Waals surface area contributed by atoms with Crippen molar-refractivity contribution in [2.45, 2.75) is 44.6 Å². The monoisotopic (exact) mass is 457 g/mol. The molecule has 3 rings (SSSR count). The van der Waals surface area contributed by atoms with Gasteiger partial charge in [0.2, 0.25) is 21.8 Å². The predicted molar refractivity (Wildman–Crippen MR) is 124 cm³/mol. The largest absolute Gasteiger partial charge is 0.349 e. The lowest BCUT2D eigenvalue weighted by Crippen LogP contribution is -2.42. The van der Waals surface area contributed by atoms with E-state index in [0.29, 0.717) is 30.6 Å². The summed E-state index contributed by atoms with van der Waals surface area (Å²) in [6.07, 6.45) is 1.09. The highest BCUT2D eigenvalue weighted by molar-refractivity contribution is 7.89. The van der Waals surface area contributed by atoms with Crippen LogP contribution in [0.1, 0.15) is 45.2 Å². The fourth-order valence-corrected chi connectivity index (χ4v) is 5.92. The molecule has 0 radical (unpaired) electrons. The number of sulfonamides is 1. The summed E-state index contributed by atoms with van der Waals surface area (Å²) in [6, 6.07) is 15.1. The van der Waals surface area contributed by atoms with Crippen molar-refractivity contribution in [2.75, 3.05) is 18.4 Å². The maximum atomic E-state index is 13.0. The second-order valence-electron chi connectivity index (χ2n) is 8.71. The molecule has 0 saturated carbocycles. The first kappa shape index (κ1) is 23.9. The summed E-state index contributed by atoms with van der Waals surface area (Å²) in [4.78, 5) is 24.4. The first-order valence-corrected chi connectivity index (χ1v) is 12.3. The Balaban J connectivity index is 1.67. The maximum Gasteiger partial charge on any atom is 0.243 e. The number of benzene rings is 2. The minimum absolute atomic E-state index is 0.0627. The van der Waals surface area contributed by atoms with Gasteiger partial charge in [0, 0.05) is 25.7 Å². The van der Waals surface area contributed by atoms with Gasteiger partial charge in [0.1, 0.15) is 0 Å². The SMILES string of the molecule is CC(=O)N[C@@H](CC(=O)Nc1ccc(S(=O)(=O)N2C[C@H](C)C[C@H](C)C2)cc1)c1ccccc1. The first-order valence-electron chi connectivity index (χ1n) is 10.9. The molecule has 2 N–H and O–H groups in total. The van der Waals surface area contributed by atoms with Crippen LogP contribution in [0.25, 0.3) is 0 Å².